The molecule has 2 saturated heterocycles. The summed E-state index contributed by atoms with van der Waals surface area (Å²) >= 11 is 0. The number of likely N-dealkylation sites (tertiary alicyclic amines) is 1. The van der Waals surface area contributed by atoms with E-state index in [0.717, 1.165) is 64.2 Å². The summed E-state index contributed by atoms with van der Waals surface area (Å²) in [6.07, 6.45) is 10.4. The number of aliphatic hydroxyl groups excluding tert-OH is 4. The Labute approximate surface area is 782 Å². The molecule has 43 heteroatoms. The lowest BCUT2D eigenvalue weighted by Gasteiger charge is -2.41. The Balaban J connectivity index is -0.000000151. The standard InChI is InChI=1S/C10H20O5.C9H16N4O.C9H21N3O.C8H17N.C7H14N2O3.C6H14N2O2.2C6H14N2O.C6H13NO.2C6H14O.C4H11O4P.C4H11O3P/c1-5(2)14-10-9(13)8(12)6(3)7(4-11)15-10;1-6(2)13-9(14)8(10)3-7-4-11-5-12-7;1-7(2)12-9(13)8(11)5-3-4-6-10;1-8(2)9-6-4-3-5-7-9;1-4(2)9-7(12)5(8)3-6(10)11;1-4(2)8-6(10)5(7)3-9;1-5(2)8-6(9)4-7-3;1-5(2)8-6(9)3-4-7;1-4-6(8)7-5(2)3;2*1-4-5-7-6(2)3;1-4(2)8-9(5,6)7-3;1-4(2)7-8(3,5)6/h5-13H,4H2,1-3H3;4-6,8H,3,10H2,1-2H3,(H,11,12)(H,13,14);7-8H,3-6,10-11H2,1-2H3,(H,12,13);8H,3-7H2,1-2H3;4-5H,3,8H2,1-2H3,(H,9,12)(H,10,11);4-5,9H,3,7H2,1-2H3,(H,8,10);5,7H,4H2,1-3H3,(H,8,9);5H,3-4,7H2,1-2H3,(H,8,9);5H,4H2,1-3H3,(H,7,8);2*6H,4-5H2,1-3H3;4H,1-3H3,(H,5,6);4H,1-3H3,(H,5,6)/t6-,7-,8+,9-,10-;2*8-;;2*5-;;;;;;;/m100.00......./s1. The molecule has 2 aliphatic rings. The van der Waals surface area contributed by atoms with E-state index in [0.29, 0.717) is 51.1 Å². The number of aromatic amines is 1. The second-order valence-electron chi connectivity index (χ2n) is 34.1. The van der Waals surface area contributed by atoms with Gasteiger partial charge in [0.25, 0.3) is 0 Å². The summed E-state index contributed by atoms with van der Waals surface area (Å²) in [5, 5.41) is 66.8. The highest BCUT2D eigenvalue weighted by Crippen LogP contribution is 2.43. The smallest absolute Gasteiger partial charge is 0.472 e. The number of aliphatic carboxylic acids is 1. The maximum Gasteiger partial charge on any atom is 0.472 e. The SMILES string of the molecule is CC(C)N1CCCCC1.CC(C)NC(=O)CCN.CC(C)NC(=O)[C@@H](N)CC(=O)O.CC(C)NC(=O)[C@@H](N)CCCCN.CC(C)NC(=O)[C@@H](N)CO.CC(C)NC(=O)[C@@H](N)Cc1cnc[nH]1.CC(C)OP(C)(=O)O.CC(C)O[C@@H]1O[C@H](CO)[C@@H](C)[C@H](O)[C@H]1O.CCC(=O)NC(C)C.CCCOC(C)C.CCCOC(C)C.CNCC(=O)NC(C)C.COP(=O)(O)OC(C)C. The molecule has 1 aromatic rings. The van der Waals surface area contributed by atoms with Gasteiger partial charge in [-0.3, -0.25) is 52.0 Å². The van der Waals surface area contributed by atoms with Gasteiger partial charge in [-0.15, -0.1) is 0 Å². The Morgan fingerprint density at radius 1 is 0.554 bits per heavy atom. The minimum atomic E-state index is -3.73. The van der Waals surface area contributed by atoms with Gasteiger partial charge < -0.3 is 146 Å². The van der Waals surface area contributed by atoms with Gasteiger partial charge in [-0.25, -0.2) is 9.55 Å². The molecule has 28 N–H and O–H groups in total. The van der Waals surface area contributed by atoms with Gasteiger partial charge in [0.2, 0.25) is 41.4 Å². The molecule has 2 fully saturated rings. The highest BCUT2D eigenvalue weighted by atomic mass is 31.2. The summed E-state index contributed by atoms with van der Waals surface area (Å²) in [7, 11) is -4.07. The lowest BCUT2D eigenvalue weighted by atomic mass is 9.91. The molecule has 0 bridgehead atoms. The second-order valence-corrected chi connectivity index (χ2v) is 37.4. The molecule has 780 valence electrons. The fraction of sp³-hybridized carbons (Fsp3) is 0.874. The molecule has 0 spiro atoms. The van der Waals surface area contributed by atoms with Crippen LogP contribution in [0.4, 0.5) is 0 Å². The topological polar surface area (TPSA) is 661 Å². The minimum absolute atomic E-state index is 0.0163. The van der Waals surface area contributed by atoms with Crippen LogP contribution in [-0.4, -0.2) is 305 Å². The summed E-state index contributed by atoms with van der Waals surface area (Å²) in [5.41, 5.74) is 33.2. The van der Waals surface area contributed by atoms with Gasteiger partial charge in [-0.05, 0) is 245 Å². The number of imidazole rings is 1. The van der Waals surface area contributed by atoms with E-state index >= 15 is 0 Å². The zero-order valence-electron chi connectivity index (χ0n) is 86.0. The molecule has 3 heterocycles. The molecular formula is C87H193N17O24P2. The number of piperidine rings is 1. The van der Waals surface area contributed by atoms with Crippen molar-refractivity contribution in [2.45, 2.75) is 412 Å². The third kappa shape index (κ3) is 111. The molecule has 11 atom stereocenters. The largest absolute Gasteiger partial charge is 0.481 e. The summed E-state index contributed by atoms with van der Waals surface area (Å²) in [6.45, 7) is 64.1. The van der Waals surface area contributed by atoms with Crippen LogP contribution in [0.15, 0.2) is 12.5 Å². The molecule has 0 saturated carbocycles. The van der Waals surface area contributed by atoms with E-state index in [-0.39, 0.29) is 128 Å². The number of nitrogens with one attached hydrogen (secondary N) is 9. The molecule has 7 amide bonds. The first-order valence-electron chi connectivity index (χ1n) is 45.7. The number of H-pyrrole nitrogens is 1. The average molecular weight is 1920 g/mol. The number of phosphoric acid groups is 1. The highest BCUT2D eigenvalue weighted by molar-refractivity contribution is 7.51. The van der Waals surface area contributed by atoms with Crippen molar-refractivity contribution in [1.82, 2.24) is 57.4 Å². The maximum absolute atomic E-state index is 11.4. The number of aliphatic hydroxyl groups is 4. The predicted molar refractivity (Wildman–Crippen MR) is 519 cm³/mol. The predicted octanol–water partition coefficient (Wildman–Crippen LogP) is 5.82. The summed E-state index contributed by atoms with van der Waals surface area (Å²) in [4.78, 5) is 113. The van der Waals surface area contributed by atoms with Gasteiger partial charge in [0.1, 0.15) is 12.1 Å². The first kappa shape index (κ1) is 145. The Bertz CT molecular complexity index is 2890. The van der Waals surface area contributed by atoms with E-state index in [1.54, 1.807) is 68.0 Å². The molecule has 1 aromatic heterocycles. The molecule has 2 unspecified atom stereocenters. The number of hydrogen-bond acceptors (Lipinski definition) is 30. The molecular weight excluding hydrogens is 1730 g/mol. The number of amides is 7. The van der Waals surface area contributed by atoms with Crippen molar-refractivity contribution >= 4 is 62.7 Å². The first-order chi connectivity index (χ1) is 59.9. The molecule has 3 rings (SSSR count). The van der Waals surface area contributed by atoms with Crippen molar-refractivity contribution in [2.24, 2.45) is 40.3 Å². The number of aromatic nitrogens is 2. The summed E-state index contributed by atoms with van der Waals surface area (Å²) in [5.74, 6) is -2.09. The van der Waals surface area contributed by atoms with Crippen LogP contribution >= 0.6 is 15.4 Å². The van der Waals surface area contributed by atoms with Crippen molar-refractivity contribution in [1.29, 1.82) is 0 Å². The number of carbonyl (C=O) groups excluding carboxylic acids is 7. The Morgan fingerprint density at radius 2 is 0.962 bits per heavy atom. The van der Waals surface area contributed by atoms with Crippen molar-refractivity contribution in [3.63, 3.8) is 0 Å². The second kappa shape index (κ2) is 91.4. The van der Waals surface area contributed by atoms with Crippen molar-refractivity contribution in [2.75, 3.05) is 80.0 Å². The maximum atomic E-state index is 11.4. The fourth-order valence-electron chi connectivity index (χ4n) is 9.28. The number of hydrogen-bond donors (Lipinski definition) is 22. The van der Waals surface area contributed by atoms with Crippen LogP contribution in [0, 0.1) is 5.92 Å². The quantitative estimate of drug-likeness (QED) is 0.0272. The molecule has 2 aliphatic heterocycles. The molecule has 0 aliphatic carbocycles. The lowest BCUT2D eigenvalue weighted by molar-refractivity contribution is -0.296. The molecule has 130 heavy (non-hydrogen) atoms. The van der Waals surface area contributed by atoms with E-state index in [2.05, 4.69) is 126 Å². The Kier molecular flexibility index (Phi) is 102. The molecule has 0 aromatic carbocycles. The van der Waals surface area contributed by atoms with E-state index in [4.69, 9.17) is 78.5 Å². The van der Waals surface area contributed by atoms with Gasteiger partial charge in [-0.1, -0.05) is 40.5 Å². The van der Waals surface area contributed by atoms with Gasteiger partial charge >= 0.3 is 21.4 Å². The number of carbonyl (C=O) groups is 8. The van der Waals surface area contributed by atoms with E-state index < -0.39 is 70.0 Å². The number of carboxylic acids is 1. The Hall–Kier alpha value is -5.41. The van der Waals surface area contributed by atoms with Crippen LogP contribution in [0.3, 0.4) is 0 Å². The molecule has 0 radical (unpaired) electrons. The van der Waals surface area contributed by atoms with Crippen LogP contribution in [0.2, 0.25) is 0 Å². The summed E-state index contributed by atoms with van der Waals surface area (Å²) < 4.78 is 55.1. The van der Waals surface area contributed by atoms with Gasteiger partial charge in [-0.2, -0.15) is 0 Å². The van der Waals surface area contributed by atoms with Crippen LogP contribution < -0.4 is 76.9 Å². The lowest BCUT2D eigenvalue weighted by Crippen LogP contribution is -2.55. The third-order valence-electron chi connectivity index (χ3n) is 15.1. The zero-order valence-corrected chi connectivity index (χ0v) is 87.8. The number of carboxylic acid groups (broad SMARTS) is 1. The van der Waals surface area contributed by atoms with Crippen LogP contribution in [0.25, 0.3) is 0 Å². The van der Waals surface area contributed by atoms with Crippen molar-refractivity contribution in [3.8, 4) is 0 Å². The average Bonchev–Trinajstić information content (AvgIpc) is 0.877. The zero-order chi connectivity index (χ0) is 104. The number of nitrogens with zero attached hydrogens (tertiary/aromatic N) is 2. The number of nitrogens with two attached hydrogens (primary N) is 6. The van der Waals surface area contributed by atoms with E-state index in [9.17, 15) is 57.7 Å². The monoisotopic (exact) mass is 1920 g/mol. The number of likely N-dealkylation sites (N-methyl/N-ethyl adjacent to an activating group) is 1. The van der Waals surface area contributed by atoms with Crippen LogP contribution in [-0.2, 0) is 86.4 Å². The summed E-state index contributed by atoms with van der Waals surface area (Å²) in [6, 6.07) is -0.785. The van der Waals surface area contributed by atoms with Crippen LogP contribution in [0.5, 0.6) is 0 Å². The van der Waals surface area contributed by atoms with E-state index in [1.807, 2.05) is 104 Å². The normalized spacial score (nSPS) is 16.8. The number of ether oxygens (including phenoxy) is 4. The van der Waals surface area contributed by atoms with Crippen molar-refractivity contribution in [3.05, 3.63) is 18.2 Å². The number of rotatable bonds is 40. The number of unbranched alkanes of at least 4 members (excludes halogenated alkanes) is 1. The van der Waals surface area contributed by atoms with E-state index in [1.165, 1.54) is 39.0 Å². The minimum Gasteiger partial charge on any atom is -0.481 e. The van der Waals surface area contributed by atoms with Crippen LogP contribution in [0.1, 0.15) is 284 Å². The fourth-order valence-corrected chi connectivity index (χ4v) is 10.7. The van der Waals surface area contributed by atoms with Gasteiger partial charge in [0.05, 0.1) is 93.4 Å². The first-order valence-corrected chi connectivity index (χ1v) is 49.2. The van der Waals surface area contributed by atoms with Gasteiger partial charge in [0, 0.05) is 119 Å². The van der Waals surface area contributed by atoms with Crippen molar-refractivity contribution < 1.29 is 115 Å². The highest BCUT2D eigenvalue weighted by Gasteiger charge is 2.43. The third-order valence-corrected chi connectivity index (χ3v) is 17.0. The number of phosphoric ester groups is 1. The van der Waals surface area contributed by atoms with Gasteiger partial charge in [0.15, 0.2) is 6.29 Å². The Morgan fingerprint density at radius 3 is 1.24 bits per heavy atom. The molecule has 41 nitrogen and oxygen atoms in total.